The maximum Gasteiger partial charge on any atom is 0.0438 e. The van der Waals surface area contributed by atoms with Crippen LogP contribution in [0.1, 0.15) is 38.1 Å². The first-order valence-corrected chi connectivity index (χ1v) is 7.26. The molecule has 0 spiro atoms. The SMILES string of the molecule is CCCNC(c1cc2ccccc2s1)C(C)C. The molecule has 2 rings (SSSR count). The Bertz CT molecular complexity index is 439. The molecule has 0 saturated carbocycles. The van der Waals surface area contributed by atoms with Gasteiger partial charge in [-0.05, 0) is 36.4 Å². The first kappa shape index (κ1) is 12.6. The van der Waals surface area contributed by atoms with Crippen molar-refractivity contribution >= 4 is 21.4 Å². The molecule has 1 atom stereocenters. The largest absolute Gasteiger partial charge is 0.309 e. The number of benzene rings is 1. The van der Waals surface area contributed by atoms with Crippen LogP contribution < -0.4 is 5.32 Å². The van der Waals surface area contributed by atoms with Crippen LogP contribution in [0.3, 0.4) is 0 Å². The van der Waals surface area contributed by atoms with Gasteiger partial charge in [0.25, 0.3) is 0 Å². The predicted molar refractivity (Wildman–Crippen MR) is 77.7 cm³/mol. The number of fused-ring (bicyclic) bond motifs is 1. The predicted octanol–water partition coefficient (Wildman–Crippen LogP) is 4.60. The van der Waals surface area contributed by atoms with E-state index in [9.17, 15) is 0 Å². The smallest absolute Gasteiger partial charge is 0.0438 e. The molecule has 0 radical (unpaired) electrons. The highest BCUT2D eigenvalue weighted by Crippen LogP contribution is 2.33. The van der Waals surface area contributed by atoms with Gasteiger partial charge in [0.2, 0.25) is 0 Å². The summed E-state index contributed by atoms with van der Waals surface area (Å²) in [7, 11) is 0. The lowest BCUT2D eigenvalue weighted by molar-refractivity contribution is 0.419. The minimum atomic E-state index is 0.493. The molecule has 17 heavy (non-hydrogen) atoms. The summed E-state index contributed by atoms with van der Waals surface area (Å²) < 4.78 is 1.39. The van der Waals surface area contributed by atoms with Crippen molar-refractivity contribution in [2.75, 3.05) is 6.54 Å². The average molecular weight is 247 g/mol. The van der Waals surface area contributed by atoms with Crippen molar-refractivity contribution in [3.8, 4) is 0 Å². The van der Waals surface area contributed by atoms with Gasteiger partial charge in [-0.1, -0.05) is 39.0 Å². The lowest BCUT2D eigenvalue weighted by atomic mass is 10.0. The van der Waals surface area contributed by atoms with Gasteiger partial charge < -0.3 is 5.32 Å². The second-order valence-corrected chi connectivity index (χ2v) is 5.98. The van der Waals surface area contributed by atoms with Crippen molar-refractivity contribution in [1.82, 2.24) is 5.32 Å². The summed E-state index contributed by atoms with van der Waals surface area (Å²) in [4.78, 5) is 1.47. The fraction of sp³-hybridized carbons (Fsp3) is 0.467. The summed E-state index contributed by atoms with van der Waals surface area (Å²) in [6.45, 7) is 7.89. The van der Waals surface area contributed by atoms with Crippen LogP contribution in [-0.2, 0) is 0 Å². The van der Waals surface area contributed by atoms with Gasteiger partial charge in [-0.25, -0.2) is 0 Å². The maximum absolute atomic E-state index is 3.66. The highest BCUT2D eigenvalue weighted by atomic mass is 32.1. The van der Waals surface area contributed by atoms with E-state index in [2.05, 4.69) is 56.4 Å². The topological polar surface area (TPSA) is 12.0 Å². The van der Waals surface area contributed by atoms with Crippen LogP contribution in [0.15, 0.2) is 30.3 Å². The highest BCUT2D eigenvalue weighted by molar-refractivity contribution is 7.19. The highest BCUT2D eigenvalue weighted by Gasteiger charge is 2.17. The first-order chi connectivity index (χ1) is 8.22. The first-order valence-electron chi connectivity index (χ1n) is 6.44. The van der Waals surface area contributed by atoms with Crippen LogP contribution >= 0.6 is 11.3 Å². The zero-order valence-electron chi connectivity index (χ0n) is 10.9. The van der Waals surface area contributed by atoms with Gasteiger partial charge in [0, 0.05) is 15.6 Å². The van der Waals surface area contributed by atoms with Gasteiger partial charge in [0.05, 0.1) is 0 Å². The third-order valence-electron chi connectivity index (χ3n) is 3.03. The third-order valence-corrected chi connectivity index (χ3v) is 4.23. The molecule has 0 saturated heterocycles. The quantitative estimate of drug-likeness (QED) is 0.814. The monoisotopic (exact) mass is 247 g/mol. The van der Waals surface area contributed by atoms with E-state index in [1.165, 1.54) is 21.4 Å². The Balaban J connectivity index is 2.28. The van der Waals surface area contributed by atoms with Crippen molar-refractivity contribution in [2.45, 2.75) is 33.2 Å². The zero-order chi connectivity index (χ0) is 12.3. The summed E-state index contributed by atoms with van der Waals surface area (Å²) in [5, 5.41) is 5.03. The summed E-state index contributed by atoms with van der Waals surface area (Å²) in [6.07, 6.45) is 1.19. The lowest BCUT2D eigenvalue weighted by Gasteiger charge is -2.20. The molecule has 2 heteroatoms. The van der Waals surface area contributed by atoms with Crippen LogP contribution in [-0.4, -0.2) is 6.54 Å². The number of rotatable bonds is 5. The van der Waals surface area contributed by atoms with Crippen molar-refractivity contribution in [3.63, 3.8) is 0 Å². The van der Waals surface area contributed by atoms with Gasteiger partial charge in [0.1, 0.15) is 0 Å². The Labute approximate surface area is 108 Å². The molecule has 0 aliphatic rings. The Morgan fingerprint density at radius 2 is 2.00 bits per heavy atom. The number of hydrogen-bond acceptors (Lipinski definition) is 2. The van der Waals surface area contributed by atoms with Crippen LogP contribution in [0.5, 0.6) is 0 Å². The van der Waals surface area contributed by atoms with Gasteiger partial charge in [-0.3, -0.25) is 0 Å². The van der Waals surface area contributed by atoms with E-state index in [1.807, 2.05) is 11.3 Å². The van der Waals surface area contributed by atoms with Crippen molar-refractivity contribution in [2.24, 2.45) is 5.92 Å². The second-order valence-electron chi connectivity index (χ2n) is 4.86. The van der Waals surface area contributed by atoms with Crippen LogP contribution in [0.2, 0.25) is 0 Å². The summed E-state index contributed by atoms with van der Waals surface area (Å²) >= 11 is 1.92. The normalized spacial score (nSPS) is 13.4. The van der Waals surface area contributed by atoms with E-state index < -0.39 is 0 Å². The van der Waals surface area contributed by atoms with Gasteiger partial charge in [-0.15, -0.1) is 11.3 Å². The van der Waals surface area contributed by atoms with Gasteiger partial charge in [-0.2, -0.15) is 0 Å². The zero-order valence-corrected chi connectivity index (χ0v) is 11.7. The van der Waals surface area contributed by atoms with Crippen LogP contribution in [0.25, 0.3) is 10.1 Å². The number of hydrogen-bond donors (Lipinski definition) is 1. The Morgan fingerprint density at radius 3 is 2.65 bits per heavy atom. The molecule has 1 heterocycles. The van der Waals surface area contributed by atoms with E-state index in [0.29, 0.717) is 12.0 Å². The van der Waals surface area contributed by atoms with E-state index in [4.69, 9.17) is 0 Å². The lowest BCUT2D eigenvalue weighted by Crippen LogP contribution is -2.25. The average Bonchev–Trinajstić information content (AvgIpc) is 2.72. The molecule has 0 aliphatic carbocycles. The maximum atomic E-state index is 3.66. The minimum absolute atomic E-state index is 0.493. The van der Waals surface area contributed by atoms with Gasteiger partial charge in [0.15, 0.2) is 0 Å². The molecular weight excluding hydrogens is 226 g/mol. The molecule has 1 aromatic heterocycles. The number of nitrogens with one attached hydrogen (secondary N) is 1. The van der Waals surface area contributed by atoms with E-state index in [1.54, 1.807) is 0 Å². The summed E-state index contributed by atoms with van der Waals surface area (Å²) in [5.74, 6) is 0.634. The van der Waals surface area contributed by atoms with Crippen LogP contribution in [0, 0.1) is 5.92 Å². The minimum Gasteiger partial charge on any atom is -0.309 e. The van der Waals surface area contributed by atoms with Crippen molar-refractivity contribution in [1.29, 1.82) is 0 Å². The van der Waals surface area contributed by atoms with Gasteiger partial charge >= 0.3 is 0 Å². The Kier molecular flexibility index (Phi) is 4.19. The Hall–Kier alpha value is -0.860. The molecule has 0 amide bonds. The molecule has 0 bridgehead atoms. The van der Waals surface area contributed by atoms with Crippen molar-refractivity contribution < 1.29 is 0 Å². The van der Waals surface area contributed by atoms with E-state index in [0.717, 1.165) is 6.54 Å². The summed E-state index contributed by atoms with van der Waals surface area (Å²) in [5.41, 5.74) is 0. The molecule has 0 aliphatic heterocycles. The standard InChI is InChI=1S/C15H21NS/c1-4-9-16-15(11(2)3)14-10-12-7-5-6-8-13(12)17-14/h5-8,10-11,15-16H,4,9H2,1-3H3. The van der Waals surface area contributed by atoms with E-state index in [-0.39, 0.29) is 0 Å². The number of thiophene rings is 1. The molecule has 1 aromatic carbocycles. The summed E-state index contributed by atoms with van der Waals surface area (Å²) in [6, 6.07) is 11.5. The molecule has 1 N–H and O–H groups in total. The molecule has 1 nitrogen and oxygen atoms in total. The molecule has 92 valence electrons. The fourth-order valence-corrected chi connectivity index (χ4v) is 3.43. The second kappa shape index (κ2) is 5.65. The molecular formula is C15H21NS. The molecule has 0 fully saturated rings. The fourth-order valence-electron chi connectivity index (χ4n) is 2.12. The molecule has 1 unspecified atom stereocenters. The van der Waals surface area contributed by atoms with Crippen molar-refractivity contribution in [3.05, 3.63) is 35.2 Å². The Morgan fingerprint density at radius 1 is 1.24 bits per heavy atom. The van der Waals surface area contributed by atoms with Crippen LogP contribution in [0.4, 0.5) is 0 Å². The van der Waals surface area contributed by atoms with E-state index >= 15 is 0 Å². The third kappa shape index (κ3) is 2.88. The molecule has 2 aromatic rings.